The lowest BCUT2D eigenvalue weighted by molar-refractivity contribution is -0.00825. The second kappa shape index (κ2) is 17.9. The van der Waals surface area contributed by atoms with Crippen LogP contribution in [-0.4, -0.2) is 74.1 Å². The quantitative estimate of drug-likeness (QED) is 0.103. The van der Waals surface area contributed by atoms with Crippen molar-refractivity contribution >= 4 is 5.82 Å². The van der Waals surface area contributed by atoms with E-state index in [1.165, 1.54) is 0 Å². The molecule has 0 amide bonds. The second-order valence-electron chi connectivity index (χ2n) is 14.1. The van der Waals surface area contributed by atoms with E-state index in [0.717, 1.165) is 36.1 Å². The van der Waals surface area contributed by atoms with Gasteiger partial charge < -0.3 is 46.3 Å². The number of nitrogen functional groups attached to an aromatic ring is 1. The maximum atomic E-state index is 11.6. The molecule has 1 aromatic carbocycles. The number of nitrogens with two attached hydrogens (primary N) is 1. The van der Waals surface area contributed by atoms with E-state index in [4.69, 9.17) is 10.5 Å². The van der Waals surface area contributed by atoms with Gasteiger partial charge in [-0.05, 0) is 93.2 Å². The minimum atomic E-state index is -0.825. The molecule has 2 aliphatic rings. The number of phenolic OH excluding ortho intramolecular Hbond substituents is 1. The lowest BCUT2D eigenvalue weighted by Gasteiger charge is -2.32. The van der Waals surface area contributed by atoms with Crippen LogP contribution < -0.4 is 20.8 Å². The Bertz CT molecular complexity index is 1580. The number of nitrogens with one attached hydrogen (secondary N) is 1. The number of hydrogen-bond donors (Lipinski definition) is 7. The summed E-state index contributed by atoms with van der Waals surface area (Å²) in [6.07, 6.45) is 9.18. The molecule has 0 bridgehead atoms. The molecule has 0 radical (unpaired) electrons. The van der Waals surface area contributed by atoms with E-state index < -0.39 is 30.3 Å². The Balaban J connectivity index is 1.34. The average Bonchev–Trinajstić information content (AvgIpc) is 3.55. The second-order valence-corrected chi connectivity index (χ2v) is 14.1. The molecule has 10 atom stereocenters. The number of benzene rings is 1. The van der Waals surface area contributed by atoms with Gasteiger partial charge in [0, 0.05) is 42.5 Å². The molecule has 2 aromatic heterocycles. The highest BCUT2D eigenvalue weighted by molar-refractivity contribution is 5.44. The van der Waals surface area contributed by atoms with Gasteiger partial charge in [0.25, 0.3) is 0 Å². The standard InChI is InChI=1S/C40H53N4O6/c1-3-26-6-7-27-8-9-28(20-37(49)40(27)36(48)13-11-33(17-26)44-23-25(2)46)29-10-12-35(47)38(21-29)50-34(24-45)19-31(18-32-5-4-15-42-32)30-14-16-43-39(41)22-30/h4-5,8-10,12,14-16,21-22,25-28,31,33-34,36-37,40,44-49H,3,11,13,17-20,23-24H2,1-2H3,(H2,41,43)/q-1. The first-order chi connectivity index (χ1) is 24.1. The summed E-state index contributed by atoms with van der Waals surface area (Å²) in [5.41, 5.74) is 8.71. The zero-order valence-electron chi connectivity index (χ0n) is 29.1. The van der Waals surface area contributed by atoms with Gasteiger partial charge in [-0.25, -0.2) is 4.98 Å². The van der Waals surface area contributed by atoms with Crippen molar-refractivity contribution in [1.29, 1.82) is 0 Å². The number of allylic oxidation sites excluding steroid dienone is 2. The zero-order chi connectivity index (χ0) is 35.6. The van der Waals surface area contributed by atoms with Gasteiger partial charge in [0.1, 0.15) is 11.9 Å². The molecule has 0 aliphatic heterocycles. The van der Waals surface area contributed by atoms with Crippen molar-refractivity contribution in [3.63, 3.8) is 0 Å². The highest BCUT2D eigenvalue weighted by Gasteiger charge is 2.37. The predicted molar refractivity (Wildman–Crippen MR) is 193 cm³/mol. The number of aliphatic hydroxyl groups excluding tert-OH is 4. The summed E-state index contributed by atoms with van der Waals surface area (Å²) in [5, 5.41) is 57.6. The van der Waals surface area contributed by atoms with Gasteiger partial charge >= 0.3 is 0 Å². The Morgan fingerprint density at radius 1 is 1.08 bits per heavy atom. The van der Waals surface area contributed by atoms with Gasteiger partial charge in [0.2, 0.25) is 0 Å². The minimum Gasteiger partial charge on any atom is -0.668 e. The molecule has 8 N–H and O–H groups in total. The van der Waals surface area contributed by atoms with Crippen LogP contribution >= 0.6 is 0 Å². The van der Waals surface area contributed by atoms with Crippen molar-refractivity contribution in [2.45, 2.75) is 101 Å². The van der Waals surface area contributed by atoms with Crippen molar-refractivity contribution in [2.75, 3.05) is 18.9 Å². The Morgan fingerprint density at radius 3 is 2.64 bits per heavy atom. The van der Waals surface area contributed by atoms with Gasteiger partial charge in [0.05, 0.1) is 24.9 Å². The SMILES string of the molecule is CCC1C#CC2C=CC(c3ccc(O)c(OC(CO)CC(Cc4ccc[n-]4)c4ccnc(N)c4)c3)CC(O)C2C(O)CCC(NCC(C)O)C1. The summed E-state index contributed by atoms with van der Waals surface area (Å²) in [7, 11) is 0. The maximum Gasteiger partial charge on any atom is 0.161 e. The van der Waals surface area contributed by atoms with E-state index in [2.05, 4.69) is 34.0 Å². The summed E-state index contributed by atoms with van der Waals surface area (Å²) < 4.78 is 6.29. The summed E-state index contributed by atoms with van der Waals surface area (Å²) in [6.45, 7) is 4.08. The number of aliphatic hydroxyl groups is 4. The molecule has 10 unspecified atom stereocenters. The van der Waals surface area contributed by atoms with Gasteiger partial charge in [-0.3, -0.25) is 0 Å². The van der Waals surface area contributed by atoms with Crippen LogP contribution in [0.2, 0.25) is 0 Å². The molecule has 10 heteroatoms. The first-order valence-corrected chi connectivity index (χ1v) is 18.0. The van der Waals surface area contributed by atoms with Crippen LogP contribution in [0.1, 0.15) is 81.0 Å². The van der Waals surface area contributed by atoms with Crippen LogP contribution in [0.15, 0.2) is 67.0 Å². The molecule has 0 saturated heterocycles. The van der Waals surface area contributed by atoms with E-state index in [0.29, 0.717) is 38.0 Å². The van der Waals surface area contributed by atoms with Crippen molar-refractivity contribution in [3.8, 4) is 23.3 Å². The van der Waals surface area contributed by atoms with Crippen LogP contribution in [0, 0.1) is 29.6 Å². The normalized spacial score (nSPS) is 27.2. The minimum absolute atomic E-state index is 0.0486. The van der Waals surface area contributed by atoms with E-state index >= 15 is 0 Å². The van der Waals surface area contributed by atoms with E-state index in [1.807, 2.05) is 42.5 Å². The van der Waals surface area contributed by atoms with Crippen molar-refractivity contribution in [3.05, 3.63) is 83.8 Å². The predicted octanol–water partition coefficient (Wildman–Crippen LogP) is 4.03. The first-order valence-electron chi connectivity index (χ1n) is 18.0. The molecule has 5 rings (SSSR count). The van der Waals surface area contributed by atoms with Crippen LogP contribution in [0.5, 0.6) is 11.5 Å². The molecule has 2 aliphatic carbocycles. The summed E-state index contributed by atoms with van der Waals surface area (Å²) in [4.78, 5) is 8.56. The van der Waals surface area contributed by atoms with Crippen LogP contribution in [0.25, 0.3) is 0 Å². The van der Waals surface area contributed by atoms with E-state index in [-0.39, 0.29) is 47.8 Å². The fourth-order valence-electron chi connectivity index (χ4n) is 7.37. The molecule has 3 aromatic rings. The number of hydrogen-bond acceptors (Lipinski definition) is 9. The molecule has 270 valence electrons. The Hall–Kier alpha value is -3.85. The van der Waals surface area contributed by atoms with Crippen molar-refractivity contribution in [1.82, 2.24) is 15.3 Å². The lowest BCUT2D eigenvalue weighted by Crippen LogP contribution is -2.40. The highest BCUT2D eigenvalue weighted by Crippen LogP contribution is 2.39. The smallest absolute Gasteiger partial charge is 0.161 e. The fraction of sp³-hybridized carbons (Fsp3) is 0.525. The number of rotatable bonds is 13. The fourth-order valence-corrected chi connectivity index (χ4v) is 7.37. The number of ether oxygens (including phenoxy) is 1. The first kappa shape index (κ1) is 37.4. The zero-order valence-corrected chi connectivity index (χ0v) is 29.1. The summed E-state index contributed by atoms with van der Waals surface area (Å²) in [5.74, 6) is 6.56. The Kier molecular flexibility index (Phi) is 13.4. The third-order valence-electron chi connectivity index (χ3n) is 10.2. The number of fused-ring (bicyclic) bond motifs is 1. The average molecular weight is 686 g/mol. The van der Waals surface area contributed by atoms with Crippen LogP contribution in [0.4, 0.5) is 5.82 Å². The Labute approximate surface area is 295 Å². The number of aromatic nitrogens is 2. The summed E-state index contributed by atoms with van der Waals surface area (Å²) in [6, 6.07) is 12.9. The third kappa shape index (κ3) is 10.1. The molecule has 0 saturated carbocycles. The molecule has 10 nitrogen and oxygen atoms in total. The van der Waals surface area contributed by atoms with Crippen LogP contribution in [0.3, 0.4) is 0 Å². The van der Waals surface area contributed by atoms with Gasteiger partial charge in [0.15, 0.2) is 11.5 Å². The largest absolute Gasteiger partial charge is 0.668 e. The topological polar surface area (TPSA) is 175 Å². The van der Waals surface area contributed by atoms with Crippen LogP contribution in [-0.2, 0) is 6.42 Å². The molecule has 0 spiro atoms. The van der Waals surface area contributed by atoms with E-state index in [1.54, 1.807) is 31.5 Å². The highest BCUT2D eigenvalue weighted by atomic mass is 16.5. The number of nitrogens with zero attached hydrogens (tertiary/aromatic N) is 2. The molecule has 2 heterocycles. The molecule has 0 fully saturated rings. The third-order valence-corrected chi connectivity index (χ3v) is 10.2. The molecular weight excluding hydrogens is 632 g/mol. The molecule has 50 heavy (non-hydrogen) atoms. The van der Waals surface area contributed by atoms with Gasteiger partial charge in [-0.1, -0.05) is 49.1 Å². The van der Waals surface area contributed by atoms with E-state index in [9.17, 15) is 25.5 Å². The van der Waals surface area contributed by atoms with Crippen molar-refractivity contribution < 1.29 is 30.3 Å². The monoisotopic (exact) mass is 685 g/mol. The van der Waals surface area contributed by atoms with Gasteiger partial charge in [-0.2, -0.15) is 11.9 Å². The summed E-state index contributed by atoms with van der Waals surface area (Å²) >= 11 is 0. The van der Waals surface area contributed by atoms with Crippen molar-refractivity contribution in [2.24, 2.45) is 17.8 Å². The molecular formula is C40H53N4O6-. The number of phenols is 1. The number of pyridine rings is 1. The maximum absolute atomic E-state index is 11.6. The Morgan fingerprint density at radius 2 is 1.92 bits per heavy atom. The number of anilines is 1. The number of aromatic hydroxyl groups is 1. The van der Waals surface area contributed by atoms with Gasteiger partial charge in [-0.15, -0.1) is 0 Å². The lowest BCUT2D eigenvalue weighted by atomic mass is 9.78.